The second kappa shape index (κ2) is 6.99. The summed E-state index contributed by atoms with van der Waals surface area (Å²) < 4.78 is 0.826. The van der Waals surface area contributed by atoms with E-state index in [1.165, 1.54) is 0 Å². The van der Waals surface area contributed by atoms with Gasteiger partial charge in [-0.25, -0.2) is 0 Å². The van der Waals surface area contributed by atoms with Gasteiger partial charge in [-0.1, -0.05) is 36.0 Å². The van der Waals surface area contributed by atoms with Crippen molar-refractivity contribution in [2.24, 2.45) is 0 Å². The summed E-state index contributed by atoms with van der Waals surface area (Å²) >= 11 is 1.74. The normalized spacial score (nSPS) is 13.4. The van der Waals surface area contributed by atoms with Gasteiger partial charge in [-0.15, -0.1) is 0 Å². The van der Waals surface area contributed by atoms with Crippen LogP contribution in [0, 0.1) is 0 Å². The molecule has 1 amide bonds. The molecule has 0 bridgehead atoms. The first-order chi connectivity index (χ1) is 11.6. The Morgan fingerprint density at radius 3 is 1.79 bits per heavy atom. The van der Waals surface area contributed by atoms with Gasteiger partial charge in [-0.05, 0) is 45.0 Å². The Bertz CT molecular complexity index is 686. The first kappa shape index (κ1) is 17.1. The van der Waals surface area contributed by atoms with Gasteiger partial charge in [0.2, 0.25) is 0 Å². The van der Waals surface area contributed by atoms with Crippen molar-refractivity contribution in [2.75, 3.05) is 31.1 Å². The van der Waals surface area contributed by atoms with Crippen LogP contribution in [0.1, 0.15) is 20.8 Å². The smallest absolute Gasteiger partial charge is 0.286 e. The fraction of sp³-hybridized carbons (Fsp3) is 0.350. The van der Waals surface area contributed by atoms with Gasteiger partial charge >= 0.3 is 0 Å². The Hall–Kier alpha value is -1.78. The molecule has 0 fully saturated rings. The Kier molecular flexibility index (Phi) is 4.97. The monoisotopic (exact) mass is 341 g/mol. The number of rotatable bonds is 5. The lowest BCUT2D eigenvalue weighted by Gasteiger charge is -2.38. The molecule has 0 radical (unpaired) electrons. The molecule has 0 saturated heterocycles. The summed E-state index contributed by atoms with van der Waals surface area (Å²) in [5.41, 5.74) is 2.01. The number of carbonyl (C=O) groups excluding carboxylic acids is 1. The molecule has 0 unspecified atom stereocenters. The van der Waals surface area contributed by atoms with E-state index >= 15 is 0 Å². The van der Waals surface area contributed by atoms with Crippen LogP contribution in [-0.4, -0.2) is 36.6 Å². The van der Waals surface area contributed by atoms with Crippen molar-refractivity contribution in [3.8, 4) is 0 Å². The van der Waals surface area contributed by atoms with Gasteiger partial charge in [0, 0.05) is 9.79 Å². The fourth-order valence-corrected chi connectivity index (χ4v) is 4.40. The van der Waals surface area contributed by atoms with Crippen LogP contribution in [0.5, 0.6) is 0 Å². The number of hydrogen-bond donors (Lipinski definition) is 0. The van der Waals surface area contributed by atoms with Crippen molar-refractivity contribution in [1.29, 1.82) is 0 Å². The molecule has 0 aromatic heterocycles. The average Bonchev–Trinajstić information content (AvgIpc) is 2.64. The van der Waals surface area contributed by atoms with E-state index in [2.05, 4.69) is 45.0 Å². The van der Waals surface area contributed by atoms with Gasteiger partial charge in [0.15, 0.2) is 6.54 Å². The van der Waals surface area contributed by atoms with E-state index in [0.717, 1.165) is 45.3 Å². The van der Waals surface area contributed by atoms with Gasteiger partial charge in [0.1, 0.15) is 0 Å². The Labute approximate surface area is 148 Å². The van der Waals surface area contributed by atoms with E-state index in [9.17, 15) is 4.79 Å². The highest BCUT2D eigenvalue weighted by molar-refractivity contribution is 7.99. The molecule has 1 heterocycles. The predicted octanol–water partition coefficient (Wildman–Crippen LogP) is 4.69. The molecule has 3 rings (SSSR count). The number of benzene rings is 2. The number of amides is 1. The number of fused-ring (bicyclic) bond motifs is 2. The minimum Gasteiger partial charge on any atom is -0.316 e. The predicted molar refractivity (Wildman–Crippen MR) is 101 cm³/mol. The van der Waals surface area contributed by atoms with Gasteiger partial charge in [0.25, 0.3) is 5.91 Å². The second-order valence-corrected chi connectivity index (χ2v) is 7.30. The largest absolute Gasteiger partial charge is 0.316 e. The molecule has 24 heavy (non-hydrogen) atoms. The molecule has 0 aliphatic carbocycles. The molecule has 1 aliphatic heterocycles. The number of carbonyl (C=O) groups is 1. The summed E-state index contributed by atoms with van der Waals surface area (Å²) in [6, 6.07) is 16.4. The molecule has 2 aromatic rings. The zero-order valence-corrected chi connectivity index (χ0v) is 15.5. The number of nitrogens with zero attached hydrogens (tertiary/aromatic N) is 2. The third kappa shape index (κ3) is 2.96. The van der Waals surface area contributed by atoms with E-state index in [4.69, 9.17) is 0 Å². The molecular weight excluding hydrogens is 316 g/mol. The van der Waals surface area contributed by atoms with Crippen LogP contribution in [0.3, 0.4) is 0 Å². The van der Waals surface area contributed by atoms with E-state index in [0.29, 0.717) is 6.54 Å². The van der Waals surface area contributed by atoms with Crippen molar-refractivity contribution >= 4 is 29.0 Å². The standard InChI is InChI=1S/C20H25N2OS/c1-4-22(5-2,6-3)15-20(23)21-16-11-7-9-13-18(16)24-19-14-10-8-12-17(19)21/h7-14H,4-6,15H2,1-3H3/q+1. The third-order valence-electron chi connectivity index (χ3n) is 5.16. The molecule has 3 nitrogen and oxygen atoms in total. The van der Waals surface area contributed by atoms with Gasteiger partial charge < -0.3 is 4.48 Å². The Morgan fingerprint density at radius 1 is 0.875 bits per heavy atom. The van der Waals surface area contributed by atoms with E-state index in [1.54, 1.807) is 11.8 Å². The zero-order chi connectivity index (χ0) is 17.2. The summed E-state index contributed by atoms with van der Waals surface area (Å²) in [6.07, 6.45) is 0. The van der Waals surface area contributed by atoms with Crippen molar-refractivity contribution in [1.82, 2.24) is 0 Å². The lowest BCUT2D eigenvalue weighted by atomic mass is 10.2. The summed E-state index contributed by atoms with van der Waals surface area (Å²) in [4.78, 5) is 17.5. The molecule has 0 N–H and O–H groups in total. The van der Waals surface area contributed by atoms with Crippen LogP contribution in [0.25, 0.3) is 0 Å². The molecule has 1 aliphatic rings. The van der Waals surface area contributed by atoms with Gasteiger partial charge in [0.05, 0.1) is 31.0 Å². The van der Waals surface area contributed by atoms with Gasteiger partial charge in [-0.3, -0.25) is 9.69 Å². The maximum absolute atomic E-state index is 13.3. The Balaban J connectivity index is 2.02. The number of likely N-dealkylation sites (N-methyl/N-ethyl adjacent to an activating group) is 1. The maximum Gasteiger partial charge on any atom is 0.286 e. The highest BCUT2D eigenvalue weighted by Crippen LogP contribution is 2.47. The highest BCUT2D eigenvalue weighted by Gasteiger charge is 2.33. The molecule has 2 aromatic carbocycles. The number of para-hydroxylation sites is 2. The average molecular weight is 342 g/mol. The Morgan fingerprint density at radius 2 is 1.33 bits per heavy atom. The first-order valence-corrected chi connectivity index (χ1v) is 9.49. The van der Waals surface area contributed by atoms with Crippen molar-refractivity contribution in [2.45, 2.75) is 30.6 Å². The van der Waals surface area contributed by atoms with Crippen LogP contribution in [0.15, 0.2) is 58.3 Å². The summed E-state index contributed by atoms with van der Waals surface area (Å²) in [7, 11) is 0. The van der Waals surface area contributed by atoms with Crippen LogP contribution >= 0.6 is 11.8 Å². The fourth-order valence-electron chi connectivity index (χ4n) is 3.34. The lowest BCUT2D eigenvalue weighted by Crippen LogP contribution is -2.53. The number of quaternary nitrogens is 1. The summed E-state index contributed by atoms with van der Waals surface area (Å²) in [6.45, 7) is 9.99. The quantitative estimate of drug-likeness (QED) is 0.735. The lowest BCUT2D eigenvalue weighted by molar-refractivity contribution is -0.915. The van der Waals surface area contributed by atoms with Crippen LogP contribution in [0.4, 0.5) is 11.4 Å². The molecule has 4 heteroatoms. The topological polar surface area (TPSA) is 20.3 Å². The number of anilines is 2. The van der Waals surface area contributed by atoms with E-state index in [-0.39, 0.29) is 5.91 Å². The van der Waals surface area contributed by atoms with E-state index < -0.39 is 0 Å². The maximum atomic E-state index is 13.3. The third-order valence-corrected chi connectivity index (χ3v) is 6.30. The first-order valence-electron chi connectivity index (χ1n) is 8.68. The second-order valence-electron chi connectivity index (χ2n) is 6.22. The molecule has 0 saturated carbocycles. The molecule has 0 spiro atoms. The summed E-state index contributed by atoms with van der Waals surface area (Å²) in [5.74, 6) is 0.181. The van der Waals surface area contributed by atoms with Crippen LogP contribution in [0.2, 0.25) is 0 Å². The van der Waals surface area contributed by atoms with Crippen LogP contribution < -0.4 is 4.90 Å². The number of hydrogen-bond acceptors (Lipinski definition) is 2. The minimum absolute atomic E-state index is 0.181. The van der Waals surface area contributed by atoms with Crippen molar-refractivity contribution in [3.05, 3.63) is 48.5 Å². The minimum atomic E-state index is 0.181. The van der Waals surface area contributed by atoms with Gasteiger partial charge in [-0.2, -0.15) is 0 Å². The van der Waals surface area contributed by atoms with Crippen molar-refractivity contribution < 1.29 is 9.28 Å². The highest BCUT2D eigenvalue weighted by atomic mass is 32.2. The van der Waals surface area contributed by atoms with Crippen LogP contribution in [-0.2, 0) is 4.79 Å². The molecule has 126 valence electrons. The molecular formula is C20H25N2OS+. The van der Waals surface area contributed by atoms with Crippen molar-refractivity contribution in [3.63, 3.8) is 0 Å². The van der Waals surface area contributed by atoms with E-state index in [1.807, 2.05) is 29.2 Å². The zero-order valence-electron chi connectivity index (χ0n) is 14.7. The molecule has 0 atom stereocenters. The SMILES string of the molecule is CC[N+](CC)(CC)CC(=O)N1c2ccccc2Sc2ccccc21. The summed E-state index contributed by atoms with van der Waals surface area (Å²) in [5, 5.41) is 0.